The van der Waals surface area contributed by atoms with E-state index in [9.17, 15) is 13.2 Å². The zero-order valence-electron chi connectivity index (χ0n) is 12.7. The van der Waals surface area contributed by atoms with Crippen molar-refractivity contribution in [2.75, 3.05) is 23.8 Å². The summed E-state index contributed by atoms with van der Waals surface area (Å²) in [5.74, 6) is 1.05. The van der Waals surface area contributed by atoms with E-state index in [2.05, 4.69) is 29.4 Å². The molecule has 1 aromatic rings. The minimum Gasteiger partial charge on any atom is -0.416 e. The van der Waals surface area contributed by atoms with Crippen molar-refractivity contribution < 1.29 is 17.6 Å². The van der Waals surface area contributed by atoms with Crippen LogP contribution in [0, 0.1) is 5.92 Å². The molecule has 124 valence electrons. The summed E-state index contributed by atoms with van der Waals surface area (Å²) in [5.41, 5.74) is 0. The van der Waals surface area contributed by atoms with Crippen molar-refractivity contribution in [2.24, 2.45) is 5.92 Å². The van der Waals surface area contributed by atoms with Crippen molar-refractivity contribution >= 4 is 27.5 Å². The van der Waals surface area contributed by atoms with Crippen LogP contribution in [0.5, 0.6) is 0 Å². The Hall–Kier alpha value is -1.09. The van der Waals surface area contributed by atoms with Crippen LogP contribution in [-0.2, 0) is 14.6 Å². The third kappa shape index (κ3) is 5.28. The van der Waals surface area contributed by atoms with Gasteiger partial charge in [0.2, 0.25) is 11.8 Å². The molecule has 0 saturated carbocycles. The average Bonchev–Trinajstić information content (AvgIpc) is 3.02. The Morgan fingerprint density at radius 1 is 1.45 bits per heavy atom. The Labute approximate surface area is 134 Å². The predicted molar refractivity (Wildman–Crippen MR) is 83.5 cm³/mol. The summed E-state index contributed by atoms with van der Waals surface area (Å²) < 4.78 is 28.3. The smallest absolute Gasteiger partial charge is 0.277 e. The van der Waals surface area contributed by atoms with Gasteiger partial charge in [0.25, 0.3) is 5.22 Å². The average molecular weight is 347 g/mol. The fourth-order valence-corrected chi connectivity index (χ4v) is 4.44. The number of rotatable bonds is 7. The van der Waals surface area contributed by atoms with E-state index in [1.54, 1.807) is 0 Å². The highest BCUT2D eigenvalue weighted by Gasteiger charge is 2.32. The van der Waals surface area contributed by atoms with E-state index in [-0.39, 0.29) is 29.1 Å². The molecule has 1 amide bonds. The maximum atomic E-state index is 11.6. The number of nitrogens with one attached hydrogen (secondary N) is 1. The van der Waals surface area contributed by atoms with Crippen LogP contribution < -0.4 is 5.32 Å². The molecule has 1 aliphatic rings. The van der Waals surface area contributed by atoms with Crippen LogP contribution in [0.25, 0.3) is 0 Å². The van der Waals surface area contributed by atoms with Gasteiger partial charge in [0, 0.05) is 6.54 Å². The third-order valence-corrected chi connectivity index (χ3v) is 5.96. The van der Waals surface area contributed by atoms with Crippen LogP contribution in [0.4, 0.5) is 0 Å². The van der Waals surface area contributed by atoms with Crippen LogP contribution in [0.2, 0.25) is 0 Å². The number of carbonyl (C=O) groups is 1. The van der Waals surface area contributed by atoms with Gasteiger partial charge < -0.3 is 9.73 Å². The number of nitrogens with zero attached hydrogens (tertiary/aromatic N) is 2. The van der Waals surface area contributed by atoms with Gasteiger partial charge in [-0.05, 0) is 18.8 Å². The van der Waals surface area contributed by atoms with Crippen LogP contribution in [0.3, 0.4) is 0 Å². The number of hydrogen-bond acceptors (Lipinski definition) is 7. The highest BCUT2D eigenvalue weighted by molar-refractivity contribution is 7.99. The number of thioether (sulfide) groups is 1. The SMILES string of the molecule is CC(C)CCNC(=O)CSc1nnc(C2CCS(=O)(=O)C2)o1. The maximum absolute atomic E-state index is 11.6. The molecule has 0 bridgehead atoms. The lowest BCUT2D eigenvalue weighted by Gasteiger charge is -2.05. The molecule has 1 aromatic heterocycles. The molecule has 1 saturated heterocycles. The predicted octanol–water partition coefficient (Wildman–Crippen LogP) is 1.23. The largest absolute Gasteiger partial charge is 0.416 e. The second-order valence-electron chi connectivity index (χ2n) is 5.83. The fourth-order valence-electron chi connectivity index (χ4n) is 2.11. The lowest BCUT2D eigenvalue weighted by Crippen LogP contribution is -2.26. The number of hydrogen-bond donors (Lipinski definition) is 1. The minimum absolute atomic E-state index is 0.0645. The van der Waals surface area contributed by atoms with Crippen LogP contribution in [0.15, 0.2) is 9.64 Å². The summed E-state index contributed by atoms with van der Waals surface area (Å²) >= 11 is 1.17. The van der Waals surface area contributed by atoms with Gasteiger partial charge in [0.15, 0.2) is 9.84 Å². The molecule has 0 radical (unpaired) electrons. The highest BCUT2D eigenvalue weighted by Crippen LogP contribution is 2.29. The van der Waals surface area contributed by atoms with Crippen LogP contribution in [-0.4, -0.2) is 48.3 Å². The van der Waals surface area contributed by atoms with Crippen molar-refractivity contribution in [3.8, 4) is 0 Å². The normalized spacial score (nSPS) is 20.4. The first-order valence-electron chi connectivity index (χ1n) is 7.29. The molecule has 1 fully saturated rings. The summed E-state index contributed by atoms with van der Waals surface area (Å²) in [6, 6.07) is 0. The molecular formula is C13H21N3O4S2. The zero-order valence-corrected chi connectivity index (χ0v) is 14.4. The molecule has 1 atom stereocenters. The standard InChI is InChI=1S/C13H21N3O4S2/c1-9(2)3-5-14-11(17)7-21-13-16-15-12(20-13)10-4-6-22(18,19)8-10/h9-10H,3-8H2,1-2H3,(H,14,17). The lowest BCUT2D eigenvalue weighted by atomic mass is 10.1. The van der Waals surface area contributed by atoms with Gasteiger partial charge in [-0.25, -0.2) is 8.42 Å². The van der Waals surface area contributed by atoms with Gasteiger partial charge in [0.05, 0.1) is 23.2 Å². The molecule has 0 aliphatic carbocycles. The molecule has 22 heavy (non-hydrogen) atoms. The summed E-state index contributed by atoms with van der Waals surface area (Å²) in [6.07, 6.45) is 1.46. The van der Waals surface area contributed by atoms with E-state index in [0.29, 0.717) is 30.0 Å². The quantitative estimate of drug-likeness (QED) is 0.740. The Bertz CT molecular complexity index is 613. The molecule has 1 aliphatic heterocycles. The van der Waals surface area contributed by atoms with E-state index in [1.807, 2.05) is 0 Å². The van der Waals surface area contributed by atoms with Gasteiger partial charge >= 0.3 is 0 Å². The number of sulfone groups is 1. The highest BCUT2D eigenvalue weighted by atomic mass is 32.2. The van der Waals surface area contributed by atoms with Gasteiger partial charge in [0.1, 0.15) is 0 Å². The second-order valence-corrected chi connectivity index (χ2v) is 8.98. The lowest BCUT2D eigenvalue weighted by molar-refractivity contribution is -0.118. The number of amides is 1. The van der Waals surface area contributed by atoms with E-state index >= 15 is 0 Å². The van der Waals surface area contributed by atoms with Crippen LogP contribution in [0.1, 0.15) is 38.5 Å². The monoisotopic (exact) mass is 347 g/mol. The molecule has 0 aromatic carbocycles. The molecule has 9 heteroatoms. The summed E-state index contributed by atoms with van der Waals surface area (Å²) in [4.78, 5) is 11.6. The first kappa shape index (κ1) is 17.3. The first-order valence-corrected chi connectivity index (χ1v) is 10.1. The number of aromatic nitrogens is 2. The molecule has 0 spiro atoms. The third-order valence-electron chi connectivity index (χ3n) is 3.37. The van der Waals surface area contributed by atoms with Crippen molar-refractivity contribution in [3.05, 3.63) is 5.89 Å². The number of carbonyl (C=O) groups excluding carboxylic acids is 1. The first-order chi connectivity index (χ1) is 10.4. The molecule has 1 N–H and O–H groups in total. The minimum atomic E-state index is -2.98. The molecule has 1 unspecified atom stereocenters. The molecule has 2 heterocycles. The van der Waals surface area contributed by atoms with Gasteiger partial charge in [-0.3, -0.25) is 4.79 Å². The Morgan fingerprint density at radius 2 is 2.23 bits per heavy atom. The van der Waals surface area contributed by atoms with Crippen LogP contribution >= 0.6 is 11.8 Å². The molecule has 2 rings (SSSR count). The summed E-state index contributed by atoms with van der Waals surface area (Å²) in [5, 5.41) is 10.9. The van der Waals surface area contributed by atoms with E-state index < -0.39 is 9.84 Å². The summed E-state index contributed by atoms with van der Waals surface area (Å²) in [6.45, 7) is 4.86. The molecular weight excluding hydrogens is 326 g/mol. The fraction of sp³-hybridized carbons (Fsp3) is 0.769. The van der Waals surface area contributed by atoms with Crippen molar-refractivity contribution in [2.45, 2.75) is 37.8 Å². The zero-order chi connectivity index (χ0) is 16.2. The Balaban J connectivity index is 1.77. The van der Waals surface area contributed by atoms with Gasteiger partial charge in [-0.2, -0.15) is 0 Å². The summed E-state index contributed by atoms with van der Waals surface area (Å²) in [7, 11) is -2.98. The van der Waals surface area contributed by atoms with Gasteiger partial charge in [-0.1, -0.05) is 25.6 Å². The van der Waals surface area contributed by atoms with Crippen molar-refractivity contribution in [1.82, 2.24) is 15.5 Å². The maximum Gasteiger partial charge on any atom is 0.277 e. The van der Waals surface area contributed by atoms with Gasteiger partial charge in [-0.15, -0.1) is 10.2 Å². The molecule has 7 nitrogen and oxygen atoms in total. The Morgan fingerprint density at radius 3 is 2.86 bits per heavy atom. The Kier molecular flexibility index (Phi) is 5.85. The second kappa shape index (κ2) is 7.45. The van der Waals surface area contributed by atoms with Crippen molar-refractivity contribution in [3.63, 3.8) is 0 Å². The van der Waals surface area contributed by atoms with E-state index in [0.717, 1.165) is 6.42 Å². The van der Waals surface area contributed by atoms with E-state index in [1.165, 1.54) is 11.8 Å². The van der Waals surface area contributed by atoms with E-state index in [4.69, 9.17) is 4.42 Å². The topological polar surface area (TPSA) is 102 Å². The van der Waals surface area contributed by atoms with Crippen molar-refractivity contribution in [1.29, 1.82) is 0 Å².